The normalized spacial score (nSPS) is 14.6. The maximum atomic E-state index is 13.4. The van der Waals surface area contributed by atoms with E-state index in [4.69, 9.17) is 4.98 Å². The summed E-state index contributed by atoms with van der Waals surface area (Å²) >= 11 is 0. The first-order chi connectivity index (χ1) is 14.5. The summed E-state index contributed by atoms with van der Waals surface area (Å²) in [5, 5.41) is 3.02. The van der Waals surface area contributed by atoms with Crippen LogP contribution in [0.5, 0.6) is 0 Å². The van der Waals surface area contributed by atoms with E-state index < -0.39 is 0 Å². The molecule has 0 saturated carbocycles. The van der Waals surface area contributed by atoms with Crippen molar-refractivity contribution < 1.29 is 9.59 Å². The Morgan fingerprint density at radius 2 is 1.80 bits per heavy atom. The van der Waals surface area contributed by atoms with E-state index in [1.807, 2.05) is 72.7 Å². The zero-order chi connectivity index (χ0) is 21.3. The predicted octanol–water partition coefficient (Wildman–Crippen LogP) is 3.85. The number of amides is 2. The van der Waals surface area contributed by atoms with E-state index in [-0.39, 0.29) is 30.3 Å². The zero-order valence-corrected chi connectivity index (χ0v) is 17.8. The molecule has 0 fully saturated rings. The van der Waals surface area contributed by atoms with E-state index in [0.717, 1.165) is 36.1 Å². The Bertz CT molecular complexity index is 1090. The van der Waals surface area contributed by atoms with Crippen molar-refractivity contribution in [3.63, 3.8) is 0 Å². The van der Waals surface area contributed by atoms with Gasteiger partial charge >= 0.3 is 0 Å². The second-order valence-electron chi connectivity index (χ2n) is 8.21. The van der Waals surface area contributed by atoms with Crippen molar-refractivity contribution in [1.82, 2.24) is 14.9 Å². The van der Waals surface area contributed by atoms with Crippen molar-refractivity contribution in [2.75, 3.05) is 11.4 Å². The molecule has 1 aromatic heterocycles. The van der Waals surface area contributed by atoms with Crippen LogP contribution in [-0.2, 0) is 22.6 Å². The van der Waals surface area contributed by atoms with Gasteiger partial charge in [-0.05, 0) is 43.5 Å². The average molecular weight is 405 g/mol. The van der Waals surface area contributed by atoms with Crippen LogP contribution in [0.15, 0.2) is 48.5 Å². The molecule has 4 rings (SSSR count). The predicted molar refractivity (Wildman–Crippen MR) is 118 cm³/mol. The maximum Gasteiger partial charge on any atom is 0.246 e. The highest BCUT2D eigenvalue weighted by atomic mass is 16.2. The van der Waals surface area contributed by atoms with Gasteiger partial charge in [0.25, 0.3) is 0 Å². The van der Waals surface area contributed by atoms with Crippen LogP contribution in [0.2, 0.25) is 0 Å². The lowest BCUT2D eigenvalue weighted by atomic mass is 10.0. The zero-order valence-electron chi connectivity index (χ0n) is 17.8. The highest BCUT2D eigenvalue weighted by Crippen LogP contribution is 2.28. The average Bonchev–Trinajstić information content (AvgIpc) is 3.11. The number of nitrogens with zero attached hydrogens (tertiary/aromatic N) is 3. The van der Waals surface area contributed by atoms with Gasteiger partial charge in [0.05, 0.1) is 17.1 Å². The Kier molecular flexibility index (Phi) is 5.57. The molecule has 6 nitrogen and oxygen atoms in total. The quantitative estimate of drug-likeness (QED) is 0.702. The van der Waals surface area contributed by atoms with E-state index in [1.54, 1.807) is 0 Å². The molecule has 1 atom stereocenters. The van der Waals surface area contributed by atoms with Gasteiger partial charge in [-0.1, -0.05) is 44.2 Å². The van der Waals surface area contributed by atoms with Gasteiger partial charge in [-0.2, -0.15) is 0 Å². The number of carbonyl (C=O) groups is 2. The summed E-state index contributed by atoms with van der Waals surface area (Å²) in [4.78, 5) is 32.2. The SMILES string of the molecule is CC(C)C(=O)NC(C)c1nc2ccccc2n1CC(=O)N1CCCc2ccccc21. The van der Waals surface area contributed by atoms with E-state index in [1.165, 1.54) is 5.56 Å². The summed E-state index contributed by atoms with van der Waals surface area (Å²) < 4.78 is 1.94. The molecule has 0 spiro atoms. The van der Waals surface area contributed by atoms with E-state index >= 15 is 0 Å². The molecule has 1 aliphatic rings. The van der Waals surface area contributed by atoms with Crippen LogP contribution < -0.4 is 10.2 Å². The smallest absolute Gasteiger partial charge is 0.246 e. The minimum absolute atomic E-state index is 0.0302. The number of benzene rings is 2. The summed E-state index contributed by atoms with van der Waals surface area (Å²) in [6, 6.07) is 15.6. The Morgan fingerprint density at radius 1 is 1.07 bits per heavy atom. The van der Waals surface area contributed by atoms with Gasteiger partial charge in [-0.25, -0.2) is 4.98 Å². The minimum Gasteiger partial charge on any atom is -0.346 e. The van der Waals surface area contributed by atoms with Gasteiger partial charge in [0.1, 0.15) is 12.4 Å². The fraction of sp³-hybridized carbons (Fsp3) is 0.375. The van der Waals surface area contributed by atoms with Gasteiger partial charge in [-0.3, -0.25) is 9.59 Å². The monoisotopic (exact) mass is 404 g/mol. The van der Waals surface area contributed by atoms with Gasteiger partial charge < -0.3 is 14.8 Å². The Morgan fingerprint density at radius 3 is 2.60 bits per heavy atom. The topological polar surface area (TPSA) is 67.2 Å². The lowest BCUT2D eigenvalue weighted by molar-refractivity contribution is -0.124. The summed E-state index contributed by atoms with van der Waals surface area (Å²) in [6.45, 7) is 6.55. The first kappa shape index (κ1) is 20.1. The van der Waals surface area contributed by atoms with Crippen molar-refractivity contribution >= 4 is 28.5 Å². The minimum atomic E-state index is -0.297. The van der Waals surface area contributed by atoms with Crippen molar-refractivity contribution in [2.45, 2.75) is 46.2 Å². The summed E-state index contributed by atoms with van der Waals surface area (Å²) in [7, 11) is 0. The number of carbonyl (C=O) groups excluding carboxylic acids is 2. The number of anilines is 1. The Labute approximate surface area is 176 Å². The maximum absolute atomic E-state index is 13.4. The Balaban J connectivity index is 1.67. The molecular formula is C24H28N4O2. The second-order valence-corrected chi connectivity index (χ2v) is 8.21. The molecule has 156 valence electrons. The fourth-order valence-electron chi connectivity index (χ4n) is 4.05. The second kappa shape index (κ2) is 8.30. The standard InChI is InChI=1S/C24H28N4O2/c1-16(2)24(30)25-17(3)23-26-19-11-5-7-13-21(19)28(23)15-22(29)27-14-8-10-18-9-4-6-12-20(18)27/h4-7,9,11-13,16-17H,8,10,14-15H2,1-3H3,(H,25,30). The molecule has 2 amide bonds. The summed E-state index contributed by atoms with van der Waals surface area (Å²) in [6.07, 6.45) is 1.96. The Hall–Kier alpha value is -3.15. The molecule has 6 heteroatoms. The van der Waals surface area contributed by atoms with Crippen molar-refractivity contribution in [2.24, 2.45) is 5.92 Å². The fourth-order valence-corrected chi connectivity index (χ4v) is 4.05. The lowest BCUT2D eigenvalue weighted by Gasteiger charge is -2.30. The van der Waals surface area contributed by atoms with Crippen molar-refractivity contribution in [3.05, 3.63) is 59.9 Å². The summed E-state index contributed by atoms with van der Waals surface area (Å²) in [5.74, 6) is 0.590. The molecule has 30 heavy (non-hydrogen) atoms. The van der Waals surface area contributed by atoms with Crippen LogP contribution in [-0.4, -0.2) is 27.9 Å². The van der Waals surface area contributed by atoms with Gasteiger partial charge in [0, 0.05) is 18.2 Å². The number of hydrogen-bond acceptors (Lipinski definition) is 3. The molecular weight excluding hydrogens is 376 g/mol. The molecule has 0 saturated heterocycles. The highest BCUT2D eigenvalue weighted by molar-refractivity contribution is 5.95. The largest absolute Gasteiger partial charge is 0.346 e. The molecule has 1 N–H and O–H groups in total. The molecule has 2 aromatic carbocycles. The number of rotatable bonds is 5. The number of aryl methyl sites for hydroxylation is 1. The number of aromatic nitrogens is 2. The lowest BCUT2D eigenvalue weighted by Crippen LogP contribution is -2.38. The van der Waals surface area contributed by atoms with E-state index in [2.05, 4.69) is 11.4 Å². The van der Waals surface area contributed by atoms with Gasteiger partial charge in [0.2, 0.25) is 11.8 Å². The number of para-hydroxylation sites is 3. The van der Waals surface area contributed by atoms with Crippen molar-refractivity contribution in [1.29, 1.82) is 0 Å². The van der Waals surface area contributed by atoms with E-state index in [0.29, 0.717) is 5.82 Å². The number of nitrogens with one attached hydrogen (secondary N) is 1. The van der Waals surface area contributed by atoms with Crippen LogP contribution in [0.1, 0.15) is 44.6 Å². The first-order valence-corrected chi connectivity index (χ1v) is 10.6. The highest BCUT2D eigenvalue weighted by Gasteiger charge is 2.25. The molecule has 1 unspecified atom stereocenters. The molecule has 3 aromatic rings. The number of imidazole rings is 1. The van der Waals surface area contributed by atoms with E-state index in [9.17, 15) is 9.59 Å². The first-order valence-electron chi connectivity index (χ1n) is 10.6. The molecule has 0 aliphatic carbocycles. The van der Waals surface area contributed by atoms with Crippen LogP contribution >= 0.6 is 0 Å². The molecule has 2 heterocycles. The number of fused-ring (bicyclic) bond motifs is 2. The van der Waals surface area contributed by atoms with Crippen LogP contribution in [0, 0.1) is 5.92 Å². The van der Waals surface area contributed by atoms with Crippen LogP contribution in [0.3, 0.4) is 0 Å². The third-order valence-corrected chi connectivity index (χ3v) is 5.66. The third kappa shape index (κ3) is 3.82. The summed E-state index contributed by atoms with van der Waals surface area (Å²) in [5.41, 5.74) is 3.94. The molecule has 0 bridgehead atoms. The van der Waals surface area contributed by atoms with Gasteiger partial charge in [-0.15, -0.1) is 0 Å². The van der Waals surface area contributed by atoms with Crippen LogP contribution in [0.25, 0.3) is 11.0 Å². The van der Waals surface area contributed by atoms with Crippen LogP contribution in [0.4, 0.5) is 5.69 Å². The molecule has 0 radical (unpaired) electrons. The van der Waals surface area contributed by atoms with Gasteiger partial charge in [0.15, 0.2) is 0 Å². The van der Waals surface area contributed by atoms with Crippen molar-refractivity contribution in [3.8, 4) is 0 Å². The third-order valence-electron chi connectivity index (χ3n) is 5.66. The number of hydrogen-bond donors (Lipinski definition) is 1. The molecule has 1 aliphatic heterocycles.